The van der Waals surface area contributed by atoms with Gasteiger partial charge in [-0.1, -0.05) is 6.92 Å². The van der Waals surface area contributed by atoms with Gasteiger partial charge in [-0.3, -0.25) is 9.20 Å². The number of likely N-dealkylation sites (N-methyl/N-ethyl adjacent to an activating group) is 1. The van der Waals surface area contributed by atoms with Gasteiger partial charge in [-0.05, 0) is 56.5 Å². The molecule has 3 heterocycles. The van der Waals surface area contributed by atoms with E-state index in [1.54, 1.807) is 17.4 Å². The second-order valence-electron chi connectivity index (χ2n) is 8.20. The molecule has 2 aromatic heterocycles. The highest BCUT2D eigenvalue weighted by Crippen LogP contribution is 2.28. The monoisotopic (exact) mass is 423 g/mol. The highest BCUT2D eigenvalue weighted by atomic mass is 32.1. The first-order chi connectivity index (χ1) is 14.7. The summed E-state index contributed by atoms with van der Waals surface area (Å²) in [5, 5.41) is 3.43. The molecule has 2 aliphatic rings. The van der Waals surface area contributed by atoms with Gasteiger partial charge in [-0.25, -0.2) is 4.98 Å². The van der Waals surface area contributed by atoms with E-state index in [1.165, 1.54) is 29.1 Å². The molecule has 7 heteroatoms. The Morgan fingerprint density at radius 1 is 1.07 bits per heavy atom. The Morgan fingerprint density at radius 2 is 1.83 bits per heavy atom. The maximum atomic E-state index is 12.7. The number of piperazine rings is 1. The third kappa shape index (κ3) is 3.84. The third-order valence-electron chi connectivity index (χ3n) is 6.34. The lowest BCUT2D eigenvalue weighted by Crippen LogP contribution is -2.46. The van der Waals surface area contributed by atoms with Crippen molar-refractivity contribution >= 4 is 27.7 Å². The molecule has 1 saturated heterocycles. The number of aromatic nitrogens is 2. The lowest BCUT2D eigenvalue weighted by atomic mass is 10.0. The molecule has 5 rings (SSSR count). The molecule has 0 bridgehead atoms. The van der Waals surface area contributed by atoms with E-state index in [0.717, 1.165) is 61.9 Å². The SMILES string of the molecule is CCN1CCN(c2ccc(NCc3cc(=O)n4c5c(sc4n3)CCCC5)cc2)CC1. The standard InChI is InChI=1S/C23H29N5OS/c1-2-26-11-13-27(14-12-26)19-9-7-17(8-10-19)24-16-18-15-22(29)28-20-5-3-4-6-21(20)30-23(28)25-18/h7-10,15,24H,2-6,11-14,16H2,1H3. The fourth-order valence-corrected chi connectivity index (χ4v) is 5.77. The predicted octanol–water partition coefficient (Wildman–Crippen LogP) is 3.39. The summed E-state index contributed by atoms with van der Waals surface area (Å²) in [5.74, 6) is 0. The topological polar surface area (TPSA) is 52.9 Å². The van der Waals surface area contributed by atoms with Crippen LogP contribution in [-0.4, -0.2) is 47.0 Å². The first-order valence-electron chi connectivity index (χ1n) is 11.1. The van der Waals surface area contributed by atoms with Gasteiger partial charge in [-0.15, -0.1) is 11.3 Å². The maximum Gasteiger partial charge on any atom is 0.259 e. The minimum atomic E-state index is 0.0535. The number of nitrogens with zero attached hydrogens (tertiary/aromatic N) is 4. The molecule has 0 saturated carbocycles. The van der Waals surface area contributed by atoms with Crippen LogP contribution in [0.3, 0.4) is 0 Å². The van der Waals surface area contributed by atoms with Crippen molar-refractivity contribution in [1.29, 1.82) is 0 Å². The number of anilines is 2. The van der Waals surface area contributed by atoms with Crippen molar-refractivity contribution in [3.8, 4) is 0 Å². The minimum Gasteiger partial charge on any atom is -0.379 e. The van der Waals surface area contributed by atoms with Crippen molar-refractivity contribution < 1.29 is 0 Å². The van der Waals surface area contributed by atoms with E-state index in [9.17, 15) is 4.79 Å². The second-order valence-corrected chi connectivity index (χ2v) is 9.27. The molecule has 0 amide bonds. The van der Waals surface area contributed by atoms with Crippen LogP contribution in [0.5, 0.6) is 0 Å². The maximum absolute atomic E-state index is 12.7. The number of hydrogen-bond acceptors (Lipinski definition) is 6. The average Bonchev–Trinajstić information content (AvgIpc) is 3.17. The summed E-state index contributed by atoms with van der Waals surface area (Å²) in [4.78, 5) is 24.6. The van der Waals surface area contributed by atoms with Crippen LogP contribution >= 0.6 is 11.3 Å². The first-order valence-corrected chi connectivity index (χ1v) is 11.9. The molecule has 0 spiro atoms. The summed E-state index contributed by atoms with van der Waals surface area (Å²) in [6.45, 7) is 8.35. The summed E-state index contributed by atoms with van der Waals surface area (Å²) < 4.78 is 1.83. The van der Waals surface area contributed by atoms with Gasteiger partial charge in [0.2, 0.25) is 0 Å². The van der Waals surface area contributed by atoms with Gasteiger partial charge in [0.25, 0.3) is 5.56 Å². The number of hydrogen-bond donors (Lipinski definition) is 1. The van der Waals surface area contributed by atoms with Crippen LogP contribution in [0.2, 0.25) is 0 Å². The molecule has 0 unspecified atom stereocenters. The van der Waals surface area contributed by atoms with Gasteiger partial charge in [0.05, 0.1) is 12.2 Å². The summed E-state index contributed by atoms with van der Waals surface area (Å²) in [6, 6.07) is 10.3. The third-order valence-corrected chi connectivity index (χ3v) is 7.48. The van der Waals surface area contributed by atoms with Gasteiger partial charge in [0.1, 0.15) is 0 Å². The summed E-state index contributed by atoms with van der Waals surface area (Å²) in [6.07, 6.45) is 4.46. The lowest BCUT2D eigenvalue weighted by molar-refractivity contribution is 0.271. The first kappa shape index (κ1) is 19.6. The summed E-state index contributed by atoms with van der Waals surface area (Å²) in [5.41, 5.74) is 4.38. The molecular weight excluding hydrogens is 394 g/mol. The molecule has 0 radical (unpaired) electrons. The zero-order valence-corrected chi connectivity index (χ0v) is 18.4. The number of rotatable bonds is 5. The fraction of sp³-hybridized carbons (Fsp3) is 0.478. The fourth-order valence-electron chi connectivity index (χ4n) is 4.54. The van der Waals surface area contributed by atoms with Gasteiger partial charge < -0.3 is 15.1 Å². The van der Waals surface area contributed by atoms with Crippen LogP contribution in [-0.2, 0) is 19.4 Å². The van der Waals surface area contributed by atoms with Crippen LogP contribution in [0.25, 0.3) is 4.96 Å². The van der Waals surface area contributed by atoms with E-state index < -0.39 is 0 Å². The molecular formula is C23H29N5OS. The molecule has 0 atom stereocenters. The molecule has 1 aromatic carbocycles. The second kappa shape index (κ2) is 8.40. The molecule has 1 N–H and O–H groups in total. The van der Waals surface area contributed by atoms with Gasteiger partial charge >= 0.3 is 0 Å². The number of thiazole rings is 1. The zero-order valence-electron chi connectivity index (χ0n) is 17.6. The smallest absolute Gasteiger partial charge is 0.259 e. The lowest BCUT2D eigenvalue weighted by Gasteiger charge is -2.35. The zero-order chi connectivity index (χ0) is 20.5. The van der Waals surface area contributed by atoms with Crippen LogP contribution in [0.4, 0.5) is 11.4 Å². The van der Waals surface area contributed by atoms with Crippen molar-refractivity contribution in [2.45, 2.75) is 39.2 Å². The summed E-state index contributed by atoms with van der Waals surface area (Å²) >= 11 is 1.68. The van der Waals surface area contributed by atoms with Crippen LogP contribution in [0, 0.1) is 0 Å². The molecule has 1 aliphatic heterocycles. The largest absolute Gasteiger partial charge is 0.379 e. The number of aryl methyl sites for hydroxylation is 2. The van der Waals surface area contributed by atoms with Crippen molar-refractivity contribution in [2.75, 3.05) is 42.9 Å². The minimum absolute atomic E-state index is 0.0535. The Balaban J connectivity index is 1.26. The van der Waals surface area contributed by atoms with E-state index in [1.807, 2.05) is 4.40 Å². The van der Waals surface area contributed by atoms with E-state index in [4.69, 9.17) is 4.98 Å². The highest BCUT2D eigenvalue weighted by Gasteiger charge is 2.18. The highest BCUT2D eigenvalue weighted by molar-refractivity contribution is 7.17. The van der Waals surface area contributed by atoms with E-state index in [2.05, 4.69) is 46.3 Å². The Hall–Kier alpha value is -2.38. The Morgan fingerprint density at radius 3 is 2.60 bits per heavy atom. The average molecular weight is 424 g/mol. The molecule has 1 aliphatic carbocycles. The predicted molar refractivity (Wildman–Crippen MR) is 124 cm³/mol. The van der Waals surface area contributed by atoms with Gasteiger partial charge in [-0.2, -0.15) is 0 Å². The number of benzene rings is 1. The Kier molecular flexibility index (Phi) is 5.48. The number of nitrogens with one attached hydrogen (secondary N) is 1. The molecule has 3 aromatic rings. The quantitative estimate of drug-likeness (QED) is 0.682. The number of fused-ring (bicyclic) bond motifs is 3. The summed E-state index contributed by atoms with van der Waals surface area (Å²) in [7, 11) is 0. The molecule has 30 heavy (non-hydrogen) atoms. The van der Waals surface area contributed by atoms with Crippen molar-refractivity contribution in [3.63, 3.8) is 0 Å². The van der Waals surface area contributed by atoms with E-state index in [0.29, 0.717) is 6.54 Å². The van der Waals surface area contributed by atoms with Crippen LogP contribution < -0.4 is 15.8 Å². The Labute approximate surface area is 181 Å². The van der Waals surface area contributed by atoms with E-state index in [-0.39, 0.29) is 5.56 Å². The van der Waals surface area contributed by atoms with Crippen molar-refractivity contribution in [3.05, 3.63) is 57.0 Å². The molecule has 158 valence electrons. The van der Waals surface area contributed by atoms with Crippen molar-refractivity contribution in [2.24, 2.45) is 0 Å². The Bertz CT molecular complexity index is 1080. The molecule has 6 nitrogen and oxygen atoms in total. The van der Waals surface area contributed by atoms with Crippen molar-refractivity contribution in [1.82, 2.24) is 14.3 Å². The van der Waals surface area contributed by atoms with E-state index >= 15 is 0 Å². The van der Waals surface area contributed by atoms with Crippen LogP contribution in [0.1, 0.15) is 36.0 Å². The van der Waals surface area contributed by atoms with Gasteiger partial charge in [0.15, 0.2) is 4.96 Å². The van der Waals surface area contributed by atoms with Gasteiger partial charge in [0, 0.05) is 54.2 Å². The normalized spacial score (nSPS) is 17.3. The van der Waals surface area contributed by atoms with Crippen LogP contribution in [0.15, 0.2) is 35.1 Å². The molecule has 1 fully saturated rings.